The maximum absolute atomic E-state index is 13.7. The van der Waals surface area contributed by atoms with Gasteiger partial charge >= 0.3 is 0 Å². The van der Waals surface area contributed by atoms with Gasteiger partial charge in [0.15, 0.2) is 17.5 Å². The minimum Gasteiger partial charge on any atom is -0.370 e. The molecule has 0 aliphatic carbocycles. The Labute approximate surface area is 131 Å². The number of anilines is 1. The average molecular weight is 356 g/mol. The second kappa shape index (κ2) is 6.93. The predicted molar refractivity (Wildman–Crippen MR) is 83.2 cm³/mol. The monoisotopic (exact) mass is 355 g/mol. The number of hydrogen-bond donors (Lipinski definition) is 1. The van der Waals surface area contributed by atoms with Crippen molar-refractivity contribution in [3.8, 4) is 11.4 Å². The second-order valence-electron chi connectivity index (χ2n) is 4.57. The average Bonchev–Trinajstić information content (AvgIpc) is 2.45. The lowest BCUT2D eigenvalue weighted by atomic mass is 10.1. The van der Waals surface area contributed by atoms with Crippen molar-refractivity contribution in [1.82, 2.24) is 9.97 Å². The Morgan fingerprint density at radius 2 is 1.95 bits per heavy atom. The van der Waals surface area contributed by atoms with Gasteiger partial charge in [0.2, 0.25) is 0 Å². The van der Waals surface area contributed by atoms with Gasteiger partial charge in [-0.15, -0.1) is 0 Å². The number of hydrogen-bond acceptors (Lipinski definition) is 3. The number of nitrogens with one attached hydrogen (secondary N) is 1. The fourth-order valence-corrected chi connectivity index (χ4v) is 2.47. The van der Waals surface area contributed by atoms with Crippen molar-refractivity contribution in [2.24, 2.45) is 0 Å². The smallest absolute Gasteiger partial charge is 0.173 e. The molecular weight excluding hydrogens is 340 g/mol. The van der Waals surface area contributed by atoms with Gasteiger partial charge in [-0.3, -0.25) is 0 Å². The lowest BCUT2D eigenvalue weighted by Crippen LogP contribution is -2.05. The first-order valence-corrected chi connectivity index (χ1v) is 7.61. The summed E-state index contributed by atoms with van der Waals surface area (Å²) in [6.07, 6.45) is 1.75. The van der Waals surface area contributed by atoms with E-state index in [0.29, 0.717) is 17.2 Å². The molecule has 112 valence electrons. The van der Waals surface area contributed by atoms with Gasteiger partial charge in [0, 0.05) is 23.9 Å². The molecule has 3 nitrogen and oxygen atoms in total. The molecule has 0 radical (unpaired) electrons. The Hall–Kier alpha value is -1.56. The molecule has 0 spiro atoms. The maximum atomic E-state index is 13.7. The van der Waals surface area contributed by atoms with Crippen LogP contribution in [0.15, 0.2) is 22.7 Å². The lowest BCUT2D eigenvalue weighted by Gasteiger charge is -2.10. The molecular formula is C15H16BrF2N3. The fraction of sp³-hybridized carbons (Fsp3) is 0.333. The van der Waals surface area contributed by atoms with Crippen LogP contribution in [-0.2, 0) is 6.42 Å². The molecule has 2 aromatic rings. The molecule has 21 heavy (non-hydrogen) atoms. The van der Waals surface area contributed by atoms with Crippen molar-refractivity contribution in [2.75, 3.05) is 11.9 Å². The van der Waals surface area contributed by atoms with Gasteiger partial charge in [-0.1, -0.05) is 13.3 Å². The van der Waals surface area contributed by atoms with Crippen molar-refractivity contribution in [3.63, 3.8) is 0 Å². The lowest BCUT2D eigenvalue weighted by molar-refractivity contribution is 0.504. The highest BCUT2D eigenvalue weighted by Gasteiger charge is 2.15. The molecule has 0 aliphatic heterocycles. The van der Waals surface area contributed by atoms with Crippen LogP contribution in [0.25, 0.3) is 11.4 Å². The standard InChI is InChI=1S/C15H16BrF2N3/c1-3-5-9-8-12(19-4-2)21-15(20-9)10-6-7-11(17)14(18)13(10)16/h6-8H,3-5H2,1-2H3,(H,19,20,21). The van der Waals surface area contributed by atoms with Crippen LogP contribution in [0.2, 0.25) is 0 Å². The van der Waals surface area contributed by atoms with E-state index in [0.717, 1.165) is 31.1 Å². The molecule has 2 rings (SSSR count). The molecule has 0 fully saturated rings. The third-order valence-corrected chi connectivity index (χ3v) is 3.69. The molecule has 1 aromatic heterocycles. The number of aryl methyl sites for hydroxylation is 1. The Morgan fingerprint density at radius 1 is 1.19 bits per heavy atom. The number of benzene rings is 1. The van der Waals surface area contributed by atoms with Gasteiger partial charge in [-0.2, -0.15) is 0 Å². The fourth-order valence-electron chi connectivity index (χ4n) is 1.97. The minimum absolute atomic E-state index is 0.0404. The van der Waals surface area contributed by atoms with Crippen LogP contribution >= 0.6 is 15.9 Å². The normalized spacial score (nSPS) is 10.7. The van der Waals surface area contributed by atoms with E-state index >= 15 is 0 Å². The zero-order valence-electron chi connectivity index (χ0n) is 11.9. The van der Waals surface area contributed by atoms with Crippen molar-refractivity contribution >= 4 is 21.7 Å². The summed E-state index contributed by atoms with van der Waals surface area (Å²) in [5.74, 6) is -0.769. The topological polar surface area (TPSA) is 37.8 Å². The highest BCUT2D eigenvalue weighted by Crippen LogP contribution is 2.30. The van der Waals surface area contributed by atoms with Gasteiger partial charge in [0.05, 0.1) is 4.47 Å². The molecule has 1 heterocycles. The van der Waals surface area contributed by atoms with Gasteiger partial charge < -0.3 is 5.32 Å². The summed E-state index contributed by atoms with van der Waals surface area (Å²) in [4.78, 5) is 8.80. The summed E-state index contributed by atoms with van der Waals surface area (Å²) in [5.41, 5.74) is 1.31. The zero-order valence-corrected chi connectivity index (χ0v) is 13.5. The van der Waals surface area contributed by atoms with E-state index in [1.54, 1.807) is 0 Å². The number of nitrogens with zero attached hydrogens (tertiary/aromatic N) is 2. The Kier molecular flexibility index (Phi) is 5.22. The molecule has 0 atom stereocenters. The van der Waals surface area contributed by atoms with E-state index in [-0.39, 0.29) is 4.47 Å². The minimum atomic E-state index is -0.929. The van der Waals surface area contributed by atoms with E-state index in [1.165, 1.54) is 6.07 Å². The van der Waals surface area contributed by atoms with Crippen LogP contribution in [0, 0.1) is 11.6 Å². The van der Waals surface area contributed by atoms with Crippen molar-refractivity contribution in [3.05, 3.63) is 40.0 Å². The van der Waals surface area contributed by atoms with Crippen LogP contribution in [-0.4, -0.2) is 16.5 Å². The second-order valence-corrected chi connectivity index (χ2v) is 5.36. The highest BCUT2D eigenvalue weighted by atomic mass is 79.9. The zero-order chi connectivity index (χ0) is 15.4. The van der Waals surface area contributed by atoms with Gasteiger partial charge in [0.1, 0.15) is 5.82 Å². The molecule has 6 heteroatoms. The van der Waals surface area contributed by atoms with Crippen LogP contribution in [0.4, 0.5) is 14.6 Å². The van der Waals surface area contributed by atoms with Crippen LogP contribution in [0.1, 0.15) is 26.0 Å². The summed E-state index contributed by atoms with van der Waals surface area (Å²) in [6.45, 7) is 4.75. The third kappa shape index (κ3) is 3.56. The maximum Gasteiger partial charge on any atom is 0.173 e. The van der Waals surface area contributed by atoms with E-state index in [1.807, 2.05) is 13.0 Å². The largest absolute Gasteiger partial charge is 0.370 e. The molecule has 0 saturated carbocycles. The molecule has 1 N–H and O–H groups in total. The molecule has 0 bridgehead atoms. The molecule has 0 unspecified atom stereocenters. The van der Waals surface area contributed by atoms with Crippen LogP contribution < -0.4 is 5.32 Å². The van der Waals surface area contributed by atoms with Crippen LogP contribution in [0.3, 0.4) is 0 Å². The van der Waals surface area contributed by atoms with Crippen molar-refractivity contribution in [2.45, 2.75) is 26.7 Å². The molecule has 0 aliphatic rings. The van der Waals surface area contributed by atoms with Crippen LogP contribution in [0.5, 0.6) is 0 Å². The summed E-state index contributed by atoms with van der Waals surface area (Å²) in [7, 11) is 0. The van der Waals surface area contributed by atoms with E-state index < -0.39 is 11.6 Å². The van der Waals surface area contributed by atoms with Gasteiger partial charge in [-0.05, 0) is 41.4 Å². The highest BCUT2D eigenvalue weighted by molar-refractivity contribution is 9.10. The molecule has 1 aromatic carbocycles. The molecule has 0 saturated heterocycles. The quantitative estimate of drug-likeness (QED) is 0.798. The first-order valence-electron chi connectivity index (χ1n) is 6.82. The first-order chi connectivity index (χ1) is 10.1. The van der Waals surface area contributed by atoms with Crippen molar-refractivity contribution < 1.29 is 8.78 Å². The Bertz CT molecular complexity index is 623. The van der Waals surface area contributed by atoms with Gasteiger partial charge in [0.25, 0.3) is 0 Å². The first kappa shape index (κ1) is 15.8. The van der Waals surface area contributed by atoms with E-state index in [4.69, 9.17) is 0 Å². The Balaban J connectivity index is 2.54. The van der Waals surface area contributed by atoms with E-state index in [2.05, 4.69) is 38.1 Å². The third-order valence-electron chi connectivity index (χ3n) is 2.92. The SMILES string of the molecule is CCCc1cc(NCC)nc(-c2ccc(F)c(F)c2Br)n1. The summed E-state index contributed by atoms with van der Waals surface area (Å²) in [6, 6.07) is 4.44. The molecule has 0 amide bonds. The summed E-state index contributed by atoms with van der Waals surface area (Å²) < 4.78 is 26.9. The summed E-state index contributed by atoms with van der Waals surface area (Å²) >= 11 is 3.08. The van der Waals surface area contributed by atoms with E-state index in [9.17, 15) is 8.78 Å². The Morgan fingerprint density at radius 3 is 2.62 bits per heavy atom. The number of aromatic nitrogens is 2. The van der Waals surface area contributed by atoms with Gasteiger partial charge in [-0.25, -0.2) is 18.7 Å². The number of halogens is 3. The number of rotatable bonds is 5. The predicted octanol–water partition coefficient (Wildman–Crippen LogP) is 4.57. The van der Waals surface area contributed by atoms with Crippen molar-refractivity contribution in [1.29, 1.82) is 0 Å². The summed E-state index contributed by atoms with van der Waals surface area (Å²) in [5, 5.41) is 3.13.